The molecule has 27 heavy (non-hydrogen) atoms. The molecule has 1 fully saturated rings. The second-order valence-corrected chi connectivity index (χ2v) is 6.93. The van der Waals surface area contributed by atoms with E-state index in [1.165, 1.54) is 0 Å². The van der Waals surface area contributed by atoms with E-state index in [2.05, 4.69) is 5.32 Å². The number of amides is 1. The number of hydrogen-bond donors (Lipinski definition) is 1. The van der Waals surface area contributed by atoms with Crippen LogP contribution >= 0.6 is 0 Å². The Labute approximate surface area is 158 Å². The van der Waals surface area contributed by atoms with E-state index in [-0.39, 0.29) is 18.1 Å². The maximum absolute atomic E-state index is 12.9. The van der Waals surface area contributed by atoms with E-state index in [0.717, 1.165) is 22.9 Å². The Morgan fingerprint density at radius 3 is 2.78 bits per heavy atom. The van der Waals surface area contributed by atoms with Gasteiger partial charge < -0.3 is 19.4 Å². The first kappa shape index (κ1) is 17.8. The minimum absolute atomic E-state index is 0.0578. The Kier molecular flexibility index (Phi) is 5.23. The van der Waals surface area contributed by atoms with Crippen molar-refractivity contribution in [2.75, 3.05) is 13.2 Å². The van der Waals surface area contributed by atoms with Crippen LogP contribution in [0.25, 0.3) is 10.9 Å². The third-order valence-corrected chi connectivity index (χ3v) is 5.10. The molecule has 0 radical (unpaired) electrons. The van der Waals surface area contributed by atoms with Crippen molar-refractivity contribution in [2.24, 2.45) is 7.05 Å². The Balaban J connectivity index is 1.45. The summed E-state index contributed by atoms with van der Waals surface area (Å²) in [5.41, 5.74) is 2.81. The summed E-state index contributed by atoms with van der Waals surface area (Å²) in [5.74, 6) is -0.0995. The molecule has 1 N–H and O–H groups in total. The lowest BCUT2D eigenvalue weighted by Crippen LogP contribution is -2.50. The van der Waals surface area contributed by atoms with Crippen LogP contribution in [0.15, 0.2) is 60.7 Å². The van der Waals surface area contributed by atoms with Gasteiger partial charge in [0.05, 0.1) is 25.4 Å². The molecule has 4 rings (SSSR count). The highest BCUT2D eigenvalue weighted by Crippen LogP contribution is 2.20. The number of carbonyl (C=O) groups is 1. The Morgan fingerprint density at radius 1 is 1.19 bits per heavy atom. The normalized spacial score (nSPS) is 19.9. The molecule has 1 amide bonds. The smallest absolute Gasteiger partial charge is 0.268 e. The van der Waals surface area contributed by atoms with E-state index in [1.54, 1.807) is 0 Å². The summed E-state index contributed by atoms with van der Waals surface area (Å²) in [5, 5.41) is 4.17. The first-order chi connectivity index (χ1) is 13.2. The molecule has 2 heterocycles. The van der Waals surface area contributed by atoms with E-state index in [9.17, 15) is 4.79 Å². The van der Waals surface area contributed by atoms with Crippen LogP contribution in [-0.4, -0.2) is 35.8 Å². The van der Waals surface area contributed by atoms with Gasteiger partial charge in [-0.2, -0.15) is 0 Å². The number of fused-ring (bicyclic) bond motifs is 1. The van der Waals surface area contributed by atoms with E-state index in [1.807, 2.05) is 72.3 Å². The summed E-state index contributed by atoms with van der Waals surface area (Å²) < 4.78 is 13.6. The lowest BCUT2D eigenvalue weighted by Gasteiger charge is -2.32. The molecule has 140 valence electrons. The maximum atomic E-state index is 12.9. The standard InChI is InChI=1S/C22H24N2O3/c1-24-19-10-6-5-9-17(19)13-20(24)22(25)23-18-15-26-12-11-21(18)27-14-16-7-3-2-4-8-16/h2-10,13,18,21H,11-12,14-15H2,1H3,(H,23,25). The average Bonchev–Trinajstić information content (AvgIpc) is 3.05. The number of carbonyl (C=O) groups excluding carboxylic acids is 1. The second kappa shape index (κ2) is 7.94. The lowest BCUT2D eigenvalue weighted by molar-refractivity contribution is -0.0605. The lowest BCUT2D eigenvalue weighted by atomic mass is 10.1. The van der Waals surface area contributed by atoms with Crippen molar-refractivity contribution in [1.82, 2.24) is 9.88 Å². The van der Waals surface area contributed by atoms with Crippen LogP contribution in [0.2, 0.25) is 0 Å². The maximum Gasteiger partial charge on any atom is 0.268 e. The fraction of sp³-hybridized carbons (Fsp3) is 0.318. The molecular formula is C22H24N2O3. The van der Waals surface area contributed by atoms with Crippen molar-refractivity contribution in [3.05, 3.63) is 71.9 Å². The van der Waals surface area contributed by atoms with Gasteiger partial charge in [-0.25, -0.2) is 0 Å². The number of rotatable bonds is 5. The van der Waals surface area contributed by atoms with Crippen molar-refractivity contribution in [3.8, 4) is 0 Å². The third kappa shape index (κ3) is 3.89. The van der Waals surface area contributed by atoms with Gasteiger partial charge >= 0.3 is 0 Å². The van der Waals surface area contributed by atoms with E-state index in [4.69, 9.17) is 9.47 Å². The molecule has 1 saturated heterocycles. The molecule has 0 bridgehead atoms. The highest BCUT2D eigenvalue weighted by molar-refractivity contribution is 5.98. The second-order valence-electron chi connectivity index (χ2n) is 6.93. The zero-order valence-corrected chi connectivity index (χ0v) is 15.4. The van der Waals surface area contributed by atoms with Gasteiger partial charge in [0.25, 0.3) is 5.91 Å². The van der Waals surface area contributed by atoms with Crippen molar-refractivity contribution < 1.29 is 14.3 Å². The highest BCUT2D eigenvalue weighted by atomic mass is 16.5. The topological polar surface area (TPSA) is 52.5 Å². The average molecular weight is 364 g/mol. The van der Waals surface area contributed by atoms with Crippen LogP contribution in [0.5, 0.6) is 0 Å². The number of nitrogens with one attached hydrogen (secondary N) is 1. The molecule has 5 nitrogen and oxygen atoms in total. The summed E-state index contributed by atoms with van der Waals surface area (Å²) in [4.78, 5) is 12.9. The van der Waals surface area contributed by atoms with Crippen LogP contribution in [0.1, 0.15) is 22.5 Å². The first-order valence-electron chi connectivity index (χ1n) is 9.31. The number of benzene rings is 2. The molecule has 3 aromatic rings. The molecule has 0 aliphatic carbocycles. The molecule has 2 atom stereocenters. The minimum Gasteiger partial charge on any atom is -0.379 e. The van der Waals surface area contributed by atoms with Crippen molar-refractivity contribution in [1.29, 1.82) is 0 Å². The summed E-state index contributed by atoms with van der Waals surface area (Å²) in [6.07, 6.45) is 0.713. The minimum atomic E-state index is -0.159. The van der Waals surface area contributed by atoms with E-state index >= 15 is 0 Å². The number of aryl methyl sites for hydroxylation is 1. The van der Waals surface area contributed by atoms with E-state index < -0.39 is 0 Å². The van der Waals surface area contributed by atoms with Gasteiger partial charge in [0.15, 0.2) is 0 Å². The molecule has 0 spiro atoms. The number of aromatic nitrogens is 1. The first-order valence-corrected chi connectivity index (χ1v) is 9.31. The Morgan fingerprint density at radius 2 is 1.96 bits per heavy atom. The molecule has 2 aromatic carbocycles. The van der Waals surface area contributed by atoms with Crippen LogP contribution in [0.4, 0.5) is 0 Å². The predicted octanol–water partition coefficient (Wildman–Crippen LogP) is 3.28. The fourth-order valence-electron chi connectivity index (χ4n) is 3.58. The quantitative estimate of drug-likeness (QED) is 0.756. The SMILES string of the molecule is Cn1c(C(=O)NC2COCCC2OCc2ccccc2)cc2ccccc21. The number of nitrogens with zero attached hydrogens (tertiary/aromatic N) is 1. The van der Waals surface area contributed by atoms with Crippen LogP contribution < -0.4 is 5.32 Å². The molecule has 5 heteroatoms. The summed E-state index contributed by atoms with van der Waals surface area (Å²) in [7, 11) is 1.91. The van der Waals surface area contributed by atoms with Gasteiger partial charge in [-0.05, 0) is 24.1 Å². The third-order valence-electron chi connectivity index (χ3n) is 5.10. The zero-order valence-electron chi connectivity index (χ0n) is 15.4. The van der Waals surface area contributed by atoms with Gasteiger partial charge in [0.1, 0.15) is 5.69 Å². The van der Waals surface area contributed by atoms with E-state index in [0.29, 0.717) is 25.5 Å². The molecule has 1 aliphatic rings. The van der Waals surface area contributed by atoms with Crippen LogP contribution in [-0.2, 0) is 23.1 Å². The van der Waals surface area contributed by atoms with Crippen molar-refractivity contribution >= 4 is 16.8 Å². The van der Waals surface area contributed by atoms with Gasteiger partial charge in [0, 0.05) is 24.6 Å². The van der Waals surface area contributed by atoms with Gasteiger partial charge in [-0.15, -0.1) is 0 Å². The monoisotopic (exact) mass is 364 g/mol. The molecule has 1 aliphatic heterocycles. The van der Waals surface area contributed by atoms with Crippen LogP contribution in [0.3, 0.4) is 0 Å². The summed E-state index contributed by atoms with van der Waals surface area (Å²) >= 11 is 0. The van der Waals surface area contributed by atoms with Gasteiger partial charge in [0.2, 0.25) is 0 Å². The summed E-state index contributed by atoms with van der Waals surface area (Å²) in [6, 6.07) is 19.8. The highest BCUT2D eigenvalue weighted by Gasteiger charge is 2.29. The number of ether oxygens (including phenoxy) is 2. The van der Waals surface area contributed by atoms with Gasteiger partial charge in [-0.3, -0.25) is 4.79 Å². The van der Waals surface area contributed by atoms with Crippen LogP contribution in [0, 0.1) is 0 Å². The number of hydrogen-bond acceptors (Lipinski definition) is 3. The Hall–Kier alpha value is -2.63. The van der Waals surface area contributed by atoms with Crippen molar-refractivity contribution in [3.63, 3.8) is 0 Å². The largest absolute Gasteiger partial charge is 0.379 e. The van der Waals surface area contributed by atoms with Crippen molar-refractivity contribution in [2.45, 2.75) is 25.2 Å². The summed E-state index contributed by atoms with van der Waals surface area (Å²) in [6.45, 7) is 1.65. The molecule has 0 saturated carbocycles. The Bertz CT molecular complexity index is 920. The molecule has 1 aromatic heterocycles. The molecule has 2 unspecified atom stereocenters. The number of para-hydroxylation sites is 1. The molecular weight excluding hydrogens is 340 g/mol. The van der Waals surface area contributed by atoms with Gasteiger partial charge in [-0.1, -0.05) is 48.5 Å². The zero-order chi connectivity index (χ0) is 18.6. The fourth-order valence-corrected chi connectivity index (χ4v) is 3.58. The predicted molar refractivity (Wildman–Crippen MR) is 105 cm³/mol.